The first-order valence-electron chi connectivity index (χ1n) is 24.9. The van der Waals surface area contributed by atoms with Crippen LogP contribution >= 0.6 is 22.7 Å². The summed E-state index contributed by atoms with van der Waals surface area (Å²) in [6.07, 6.45) is 0. The molecule has 0 N–H and O–H groups in total. The quantitative estimate of drug-likeness (QED) is 0.161. The lowest BCUT2D eigenvalue weighted by Crippen LogP contribution is -2.09. The number of thiophene rings is 2. The fraction of sp³-hybridized carbons (Fsp3) is 0. The fourth-order valence-corrected chi connectivity index (χ4v) is 14.8. The largest absolute Gasteiger partial charge is 0.455 e. The number of benzene rings is 11. The van der Waals surface area contributed by atoms with Gasteiger partial charge in [0, 0.05) is 74.6 Å². The van der Waals surface area contributed by atoms with Crippen LogP contribution in [-0.4, -0.2) is 9.13 Å². The molecule has 0 saturated carbocycles. The Morgan fingerprint density at radius 2 is 0.933 bits per heavy atom. The molecule has 11 aromatic carbocycles. The Hall–Kier alpha value is -9.76. The van der Waals surface area contributed by atoms with E-state index < -0.39 is 0 Å². The molecule has 7 heteroatoms. The van der Waals surface area contributed by atoms with Crippen molar-refractivity contribution in [2.75, 3.05) is 0 Å². The maximum absolute atomic E-state index is 12.2. The lowest BCUT2D eigenvalue weighted by Gasteiger charge is -2.26. The highest BCUT2D eigenvalue weighted by Gasteiger charge is 2.34. The molecule has 5 heterocycles. The third-order valence-corrected chi connectivity index (χ3v) is 17.8. The van der Waals surface area contributed by atoms with E-state index in [4.69, 9.17) is 4.42 Å². The summed E-state index contributed by atoms with van der Waals surface area (Å²) in [6.45, 7) is 9.59. The summed E-state index contributed by atoms with van der Waals surface area (Å²) >= 11 is 3.59. The van der Waals surface area contributed by atoms with Crippen LogP contribution in [0.2, 0.25) is 0 Å². The van der Waals surface area contributed by atoms with Gasteiger partial charge in [-0.05, 0) is 47.0 Å². The second kappa shape index (κ2) is 15.9. The van der Waals surface area contributed by atoms with E-state index in [1.807, 2.05) is 42.5 Å². The number of furan rings is 1. The van der Waals surface area contributed by atoms with Gasteiger partial charge in [0.1, 0.15) is 17.2 Å². The molecule has 0 atom stereocenters. The molecular formula is C68H36N4OS2. The van der Waals surface area contributed by atoms with Gasteiger partial charge >= 0.3 is 0 Å². The van der Waals surface area contributed by atoms with Crippen LogP contribution in [0.5, 0.6) is 0 Å². The number of rotatable bonds is 5. The average molecular weight is 989 g/mol. The van der Waals surface area contributed by atoms with Crippen LogP contribution in [0.4, 0.5) is 5.69 Å². The third-order valence-electron chi connectivity index (χ3n) is 15.4. The highest BCUT2D eigenvalue weighted by atomic mass is 32.1. The van der Waals surface area contributed by atoms with Gasteiger partial charge in [-0.3, -0.25) is 0 Å². The normalized spacial score (nSPS) is 12.0. The maximum atomic E-state index is 12.2. The molecule has 346 valence electrons. The molecule has 75 heavy (non-hydrogen) atoms. The summed E-state index contributed by atoms with van der Waals surface area (Å²) < 4.78 is 16.5. The molecule has 16 rings (SSSR count). The van der Waals surface area contributed by atoms with Crippen molar-refractivity contribution in [3.05, 3.63) is 235 Å². The minimum Gasteiger partial charge on any atom is -0.455 e. The first kappa shape index (κ1) is 41.8. The molecule has 5 aromatic heterocycles. The predicted molar refractivity (Wildman–Crippen MR) is 315 cm³/mol. The van der Waals surface area contributed by atoms with E-state index in [-0.39, 0.29) is 0 Å². The molecule has 0 aliphatic rings. The average Bonchev–Trinajstić information content (AvgIpc) is 4.35. The van der Waals surface area contributed by atoms with Crippen LogP contribution in [0.3, 0.4) is 0 Å². The Morgan fingerprint density at radius 1 is 0.427 bits per heavy atom. The second-order valence-electron chi connectivity index (χ2n) is 19.2. The Kier molecular flexibility index (Phi) is 8.85. The topological polar surface area (TPSA) is 51.1 Å². The Morgan fingerprint density at radius 3 is 1.55 bits per heavy atom. The van der Waals surface area contributed by atoms with Crippen molar-refractivity contribution in [3.8, 4) is 50.8 Å². The molecular weight excluding hydrogens is 953 g/mol. The summed E-state index contributed by atoms with van der Waals surface area (Å²) in [7, 11) is 0. The van der Waals surface area contributed by atoms with Gasteiger partial charge in [-0.2, -0.15) is 5.26 Å². The summed E-state index contributed by atoms with van der Waals surface area (Å²) in [5, 5.41) is 23.1. The third kappa shape index (κ3) is 5.74. The van der Waals surface area contributed by atoms with E-state index in [0.717, 1.165) is 119 Å². The number of aromatic nitrogens is 2. The Labute approximate surface area is 436 Å². The zero-order valence-corrected chi connectivity index (χ0v) is 41.4. The van der Waals surface area contributed by atoms with Crippen LogP contribution in [0.1, 0.15) is 5.56 Å². The van der Waals surface area contributed by atoms with Gasteiger partial charge in [0.15, 0.2) is 0 Å². The van der Waals surface area contributed by atoms with Gasteiger partial charge in [0.05, 0.1) is 60.4 Å². The van der Waals surface area contributed by atoms with Crippen LogP contribution in [0.15, 0.2) is 223 Å². The number of fused-ring (bicyclic) bond motifs is 18. The molecule has 0 fully saturated rings. The summed E-state index contributed by atoms with van der Waals surface area (Å²) in [6, 6.07) is 79.4. The van der Waals surface area contributed by atoms with E-state index in [1.54, 1.807) is 22.7 Å². The number of hydrogen-bond donors (Lipinski definition) is 0. The lowest BCUT2D eigenvalue weighted by atomic mass is 9.88. The number of nitriles is 1. The van der Waals surface area contributed by atoms with E-state index in [1.165, 1.54) is 20.2 Å². The van der Waals surface area contributed by atoms with Gasteiger partial charge in [-0.25, -0.2) is 4.85 Å². The van der Waals surface area contributed by atoms with Crippen LogP contribution in [0, 0.1) is 17.9 Å². The van der Waals surface area contributed by atoms with Gasteiger partial charge in [0.2, 0.25) is 5.69 Å². The van der Waals surface area contributed by atoms with Crippen LogP contribution < -0.4 is 0 Å². The van der Waals surface area contributed by atoms with Gasteiger partial charge < -0.3 is 13.6 Å². The molecule has 0 radical (unpaired) electrons. The van der Waals surface area contributed by atoms with Crippen molar-refractivity contribution >= 4 is 134 Å². The molecule has 5 nitrogen and oxygen atoms in total. The van der Waals surface area contributed by atoms with E-state index in [0.29, 0.717) is 22.5 Å². The highest BCUT2D eigenvalue weighted by molar-refractivity contribution is 7.27. The highest BCUT2D eigenvalue weighted by Crippen LogP contribution is 2.55. The van der Waals surface area contributed by atoms with Crippen LogP contribution in [0.25, 0.3) is 155 Å². The summed E-state index contributed by atoms with van der Waals surface area (Å²) in [5.74, 6) is 0. The molecule has 0 bridgehead atoms. The standard InChI is InChI=1S/C68H36N4OS2/c1-70-60-57(40-20-7-3-8-21-40)52(38-69)62(71-53-29-14-11-24-43(53)46-36-37-54-59(61(46)71)51-28-17-27-42(66(51)73-54)39-18-5-2-6-19-39)58(41-22-9-4-10-23-41)65(60)72-63-47(32-34-49-44-25-12-15-30-55(44)74-67(49)63)48-33-35-50-45-26-13-16-31-56(45)75-68(50)64(48)72/h2-37H. The lowest BCUT2D eigenvalue weighted by molar-refractivity contribution is 0.670. The van der Waals surface area contributed by atoms with Crippen molar-refractivity contribution in [2.45, 2.75) is 0 Å². The van der Waals surface area contributed by atoms with Crippen molar-refractivity contribution in [2.24, 2.45) is 0 Å². The number of nitrogens with zero attached hydrogens (tertiary/aromatic N) is 4. The van der Waals surface area contributed by atoms with Gasteiger partial charge in [-0.1, -0.05) is 188 Å². The van der Waals surface area contributed by atoms with E-state index >= 15 is 0 Å². The first-order valence-corrected chi connectivity index (χ1v) is 26.6. The predicted octanol–water partition coefficient (Wildman–Crippen LogP) is 19.9. The smallest absolute Gasteiger partial charge is 0.220 e. The minimum absolute atomic E-state index is 0.405. The van der Waals surface area contributed by atoms with Crippen molar-refractivity contribution < 1.29 is 4.42 Å². The van der Waals surface area contributed by atoms with E-state index in [2.05, 4.69) is 196 Å². The van der Waals surface area contributed by atoms with Crippen molar-refractivity contribution in [1.82, 2.24) is 9.13 Å². The number of hydrogen-bond acceptors (Lipinski definition) is 4. The van der Waals surface area contributed by atoms with E-state index in [9.17, 15) is 11.8 Å². The Balaban J connectivity index is 1.20. The molecule has 0 unspecified atom stereocenters. The molecule has 0 amide bonds. The SMILES string of the molecule is [C-]#[N+]c1c(-c2ccccc2)c(C#N)c(-n2c3ccccc3c3ccc4oc5c(-c6ccccc6)cccc5c4c32)c(-c2ccccc2)c1-n1c2c(ccc3c4ccccc4sc32)c2ccc3c4ccccc4sc3c21. The van der Waals surface area contributed by atoms with Gasteiger partial charge in [-0.15, -0.1) is 22.7 Å². The maximum Gasteiger partial charge on any atom is 0.220 e. The van der Waals surface area contributed by atoms with Crippen molar-refractivity contribution in [3.63, 3.8) is 0 Å². The molecule has 0 aliphatic carbocycles. The van der Waals surface area contributed by atoms with Crippen molar-refractivity contribution in [1.29, 1.82) is 5.26 Å². The number of para-hydroxylation sites is 2. The molecule has 0 aliphatic heterocycles. The molecule has 16 aromatic rings. The fourth-order valence-electron chi connectivity index (χ4n) is 12.3. The zero-order valence-electron chi connectivity index (χ0n) is 39.8. The second-order valence-corrected chi connectivity index (χ2v) is 21.3. The van der Waals surface area contributed by atoms with Gasteiger partial charge in [0.25, 0.3) is 0 Å². The minimum atomic E-state index is 0.405. The molecule has 0 spiro atoms. The summed E-state index contributed by atoms with van der Waals surface area (Å²) in [5.41, 5.74) is 12.8. The Bertz CT molecular complexity index is 5070. The summed E-state index contributed by atoms with van der Waals surface area (Å²) in [4.78, 5) is 4.69. The zero-order chi connectivity index (χ0) is 49.5. The van der Waals surface area contributed by atoms with Crippen LogP contribution in [-0.2, 0) is 0 Å². The first-order chi connectivity index (χ1) is 37.2. The monoisotopic (exact) mass is 988 g/mol. The molecule has 0 saturated heterocycles.